The monoisotopic (exact) mass is 465 g/mol. The van der Waals surface area contributed by atoms with Gasteiger partial charge in [-0.05, 0) is 39.1 Å². The number of halogens is 2. The van der Waals surface area contributed by atoms with Crippen LogP contribution in [0.5, 0.6) is 0 Å². The van der Waals surface area contributed by atoms with Crippen LogP contribution in [-0.2, 0) is 14.3 Å². The van der Waals surface area contributed by atoms with Gasteiger partial charge in [0, 0.05) is 11.7 Å². The number of carbonyl (C=O) groups is 1. The highest BCUT2D eigenvalue weighted by Crippen LogP contribution is 2.29. The number of nitrogens with zero attached hydrogens (tertiary/aromatic N) is 2. The number of rotatable bonds is 5. The molecule has 0 aromatic carbocycles. The van der Waals surface area contributed by atoms with E-state index in [1.54, 1.807) is 0 Å². The van der Waals surface area contributed by atoms with Gasteiger partial charge in [-0.25, -0.2) is 4.79 Å². The van der Waals surface area contributed by atoms with Crippen LogP contribution in [0.1, 0.15) is 24.6 Å². The summed E-state index contributed by atoms with van der Waals surface area (Å²) in [7, 11) is 1.99. The maximum Gasteiger partial charge on any atom is 0.330 e. The first kappa shape index (κ1) is 24.6. The molecule has 0 spiro atoms. The van der Waals surface area contributed by atoms with E-state index in [0.29, 0.717) is 12.8 Å². The van der Waals surface area contributed by atoms with E-state index >= 15 is 0 Å². The minimum atomic E-state index is -1.46. The molecule has 3 rings (SSSR count). The molecule has 3 heterocycles. The van der Waals surface area contributed by atoms with E-state index in [1.807, 2.05) is 7.05 Å². The van der Waals surface area contributed by atoms with E-state index in [1.165, 1.54) is 12.3 Å². The van der Waals surface area contributed by atoms with Crippen LogP contribution in [0.4, 0.5) is 0 Å². The van der Waals surface area contributed by atoms with E-state index < -0.39 is 35.8 Å². The maximum absolute atomic E-state index is 12.3. The predicted molar refractivity (Wildman–Crippen MR) is 111 cm³/mol. The molecular formula is C18H25Cl2N3O7. The molecule has 0 aliphatic carbocycles. The summed E-state index contributed by atoms with van der Waals surface area (Å²) < 4.78 is 11.8. The molecule has 2 fully saturated rings. The number of H-pyrrole nitrogens is 1. The lowest BCUT2D eigenvalue weighted by Crippen LogP contribution is -2.39. The summed E-state index contributed by atoms with van der Waals surface area (Å²) in [4.78, 5) is 40.4. The fourth-order valence-electron chi connectivity index (χ4n) is 3.50. The molecule has 1 aromatic heterocycles. The zero-order chi connectivity index (χ0) is 21.1. The summed E-state index contributed by atoms with van der Waals surface area (Å²) in [5, 5.41) is 20.6. The fraction of sp³-hybridized carbons (Fsp3) is 0.611. The standard InChI is InChI=1S/C18H24ClN3O7.ClH/c1-21-6-3-10(4-7-21)17(26)28-9-12-13(23)14(24)16(29-12)22-8-11(2-5-19)15(25)20-18(22)27;/h2,5,8,10,12-14,16,23-24H,3-4,6-7,9H2,1H3,(H,20,25,27);1H/b5-2+;/t12-,13-,14+,16-;/m1./s1. The molecule has 0 unspecified atom stereocenters. The van der Waals surface area contributed by atoms with Crippen molar-refractivity contribution in [1.82, 2.24) is 14.5 Å². The Kier molecular flexibility index (Phi) is 8.65. The van der Waals surface area contributed by atoms with Gasteiger partial charge in [0.2, 0.25) is 0 Å². The van der Waals surface area contributed by atoms with Gasteiger partial charge in [-0.1, -0.05) is 11.6 Å². The van der Waals surface area contributed by atoms with E-state index in [-0.39, 0.29) is 36.5 Å². The third-order valence-corrected chi connectivity index (χ3v) is 5.42. The van der Waals surface area contributed by atoms with Crippen molar-refractivity contribution in [2.45, 2.75) is 37.4 Å². The van der Waals surface area contributed by atoms with Gasteiger partial charge in [0.15, 0.2) is 6.23 Å². The summed E-state index contributed by atoms with van der Waals surface area (Å²) in [6.07, 6.45) is -1.28. The van der Waals surface area contributed by atoms with Gasteiger partial charge in [-0.15, -0.1) is 12.4 Å². The van der Waals surface area contributed by atoms with Crippen molar-refractivity contribution in [3.8, 4) is 0 Å². The zero-order valence-corrected chi connectivity index (χ0v) is 17.8. The number of aromatic nitrogens is 2. The first-order valence-corrected chi connectivity index (χ1v) is 9.74. The molecule has 168 valence electrons. The number of ether oxygens (including phenoxy) is 2. The highest BCUT2D eigenvalue weighted by molar-refractivity contribution is 6.27. The van der Waals surface area contributed by atoms with Crippen LogP contribution in [0.3, 0.4) is 0 Å². The third-order valence-electron chi connectivity index (χ3n) is 5.29. The number of aromatic amines is 1. The van der Waals surface area contributed by atoms with Crippen molar-refractivity contribution in [3.63, 3.8) is 0 Å². The summed E-state index contributed by atoms with van der Waals surface area (Å²) in [5.74, 6) is -0.584. The lowest BCUT2D eigenvalue weighted by Gasteiger charge is -2.27. The van der Waals surface area contributed by atoms with Crippen LogP contribution >= 0.6 is 24.0 Å². The summed E-state index contributed by atoms with van der Waals surface area (Å²) in [6, 6.07) is 0. The van der Waals surface area contributed by atoms with E-state index in [9.17, 15) is 24.6 Å². The SMILES string of the molecule is CN1CCC(C(=O)OC[C@H]2O[C@@H](n3cc(/C=C/Cl)c(=O)[nH]c3=O)[C@@H](O)[C@@H]2O)CC1.Cl. The van der Waals surface area contributed by atoms with Crippen LogP contribution < -0.4 is 11.2 Å². The van der Waals surface area contributed by atoms with Crippen molar-refractivity contribution in [2.75, 3.05) is 26.7 Å². The average Bonchev–Trinajstić information content (AvgIpc) is 2.97. The van der Waals surface area contributed by atoms with Gasteiger partial charge < -0.3 is 24.6 Å². The number of carbonyl (C=O) groups excluding carboxylic acids is 1. The van der Waals surface area contributed by atoms with Crippen molar-refractivity contribution in [1.29, 1.82) is 0 Å². The summed E-state index contributed by atoms with van der Waals surface area (Å²) in [6.45, 7) is 1.35. The van der Waals surface area contributed by atoms with Gasteiger partial charge in [-0.2, -0.15) is 0 Å². The average molecular weight is 466 g/mol. The van der Waals surface area contributed by atoms with Crippen LogP contribution in [0.2, 0.25) is 0 Å². The van der Waals surface area contributed by atoms with Crippen LogP contribution in [-0.4, -0.2) is 75.7 Å². The molecule has 2 aliphatic rings. The molecule has 0 bridgehead atoms. The number of hydrogen-bond acceptors (Lipinski definition) is 8. The minimum absolute atomic E-state index is 0. The van der Waals surface area contributed by atoms with Crippen molar-refractivity contribution >= 4 is 36.1 Å². The van der Waals surface area contributed by atoms with E-state index in [0.717, 1.165) is 23.2 Å². The van der Waals surface area contributed by atoms with Gasteiger partial charge in [0.05, 0.1) is 11.5 Å². The van der Waals surface area contributed by atoms with Crippen LogP contribution in [0.25, 0.3) is 6.08 Å². The summed E-state index contributed by atoms with van der Waals surface area (Å²) in [5.41, 5.74) is -0.297. The van der Waals surface area contributed by atoms with Gasteiger partial charge in [0.1, 0.15) is 24.9 Å². The molecule has 0 amide bonds. The Balaban J connectivity index is 0.00000320. The predicted octanol–water partition coefficient (Wildman–Crippen LogP) is -0.328. The Hall–Kier alpha value is -1.69. The Morgan fingerprint density at radius 1 is 1.33 bits per heavy atom. The molecule has 1 aromatic rings. The number of aliphatic hydroxyl groups excluding tert-OH is 2. The molecule has 2 aliphatic heterocycles. The van der Waals surface area contributed by atoms with E-state index in [2.05, 4.69) is 9.88 Å². The first-order chi connectivity index (χ1) is 13.8. The first-order valence-electron chi connectivity index (χ1n) is 9.30. The molecule has 12 heteroatoms. The topological polar surface area (TPSA) is 134 Å². The van der Waals surface area contributed by atoms with Crippen molar-refractivity contribution < 1.29 is 24.5 Å². The smallest absolute Gasteiger partial charge is 0.330 e. The summed E-state index contributed by atoms with van der Waals surface area (Å²) >= 11 is 5.49. The number of nitrogens with one attached hydrogen (secondary N) is 1. The zero-order valence-electron chi connectivity index (χ0n) is 16.3. The molecule has 0 saturated carbocycles. The second-order valence-corrected chi connectivity index (χ2v) is 7.55. The number of aliphatic hydroxyl groups is 2. The normalized spacial score (nSPS) is 27.9. The fourth-order valence-corrected chi connectivity index (χ4v) is 3.64. The molecule has 3 N–H and O–H groups in total. The van der Waals surface area contributed by atoms with Gasteiger partial charge in [0.25, 0.3) is 5.56 Å². The second-order valence-electron chi connectivity index (χ2n) is 7.30. The number of piperidine rings is 1. The molecule has 30 heavy (non-hydrogen) atoms. The number of hydrogen-bond donors (Lipinski definition) is 3. The Morgan fingerprint density at radius 2 is 2.00 bits per heavy atom. The molecular weight excluding hydrogens is 441 g/mol. The molecule has 2 saturated heterocycles. The molecule has 10 nitrogen and oxygen atoms in total. The Labute approximate surface area is 183 Å². The Bertz CT molecular complexity index is 879. The highest BCUT2D eigenvalue weighted by Gasteiger charge is 2.45. The quantitative estimate of drug-likeness (QED) is 0.503. The van der Waals surface area contributed by atoms with Crippen LogP contribution in [0, 0.1) is 5.92 Å². The number of esters is 1. The molecule has 0 radical (unpaired) electrons. The van der Waals surface area contributed by atoms with Gasteiger partial charge in [-0.3, -0.25) is 19.1 Å². The molecule has 4 atom stereocenters. The largest absolute Gasteiger partial charge is 0.463 e. The van der Waals surface area contributed by atoms with Gasteiger partial charge >= 0.3 is 11.7 Å². The van der Waals surface area contributed by atoms with Crippen molar-refractivity contribution in [2.24, 2.45) is 5.92 Å². The Morgan fingerprint density at radius 3 is 2.63 bits per heavy atom. The van der Waals surface area contributed by atoms with Crippen molar-refractivity contribution in [3.05, 3.63) is 38.1 Å². The number of likely N-dealkylation sites (tertiary alicyclic amines) is 1. The lowest BCUT2D eigenvalue weighted by molar-refractivity contribution is -0.156. The van der Waals surface area contributed by atoms with Crippen LogP contribution in [0.15, 0.2) is 21.3 Å². The second kappa shape index (κ2) is 10.6. The minimum Gasteiger partial charge on any atom is -0.463 e. The maximum atomic E-state index is 12.3. The van der Waals surface area contributed by atoms with E-state index in [4.69, 9.17) is 21.1 Å². The lowest BCUT2D eigenvalue weighted by atomic mass is 9.97. The third kappa shape index (κ3) is 5.32. The highest BCUT2D eigenvalue weighted by atomic mass is 35.5.